The summed E-state index contributed by atoms with van der Waals surface area (Å²) < 4.78 is 0. The highest BCUT2D eigenvalue weighted by Gasteiger charge is 2.21. The lowest BCUT2D eigenvalue weighted by Crippen LogP contribution is -2.24. The molecule has 0 bridgehead atoms. The van der Waals surface area contributed by atoms with E-state index >= 15 is 0 Å². The van der Waals surface area contributed by atoms with E-state index in [0.717, 1.165) is 11.3 Å². The Balaban J connectivity index is 1.72. The highest BCUT2D eigenvalue weighted by Crippen LogP contribution is 2.32. The van der Waals surface area contributed by atoms with Crippen molar-refractivity contribution in [3.05, 3.63) is 113 Å². The molecule has 34 heavy (non-hydrogen) atoms. The molecule has 0 spiro atoms. The summed E-state index contributed by atoms with van der Waals surface area (Å²) in [6.45, 7) is 14.9. The lowest BCUT2D eigenvalue weighted by Gasteiger charge is -2.29. The van der Waals surface area contributed by atoms with Gasteiger partial charge in [-0.15, -0.1) is 0 Å². The Morgan fingerprint density at radius 1 is 0.588 bits per heavy atom. The number of nitrogens with zero attached hydrogens (tertiary/aromatic N) is 1. The quantitative estimate of drug-likeness (QED) is 0.272. The van der Waals surface area contributed by atoms with Crippen LogP contribution >= 0.6 is 0 Å². The third-order valence-electron chi connectivity index (χ3n) is 6.30. The van der Waals surface area contributed by atoms with Crippen LogP contribution in [0.2, 0.25) is 0 Å². The van der Waals surface area contributed by atoms with Gasteiger partial charge in [0.25, 0.3) is 0 Å². The van der Waals surface area contributed by atoms with Crippen LogP contribution in [0.1, 0.15) is 63.8 Å². The summed E-state index contributed by atoms with van der Waals surface area (Å²) in [7, 11) is 0. The van der Waals surface area contributed by atoms with Gasteiger partial charge in [-0.05, 0) is 56.0 Å². The van der Waals surface area contributed by atoms with E-state index in [9.17, 15) is 0 Å². The van der Waals surface area contributed by atoms with Gasteiger partial charge in [0.15, 0.2) is 0 Å². The van der Waals surface area contributed by atoms with Crippen LogP contribution in [0.5, 0.6) is 0 Å². The van der Waals surface area contributed by atoms with Crippen molar-refractivity contribution >= 4 is 16.5 Å². The van der Waals surface area contributed by atoms with Crippen LogP contribution in [0.4, 0.5) is 5.69 Å². The van der Waals surface area contributed by atoms with Gasteiger partial charge in [0, 0.05) is 0 Å². The van der Waals surface area contributed by atoms with Gasteiger partial charge >= 0.3 is 0 Å². The molecule has 0 heterocycles. The molecule has 0 aliphatic rings. The number of anilines is 1. The highest BCUT2D eigenvalue weighted by molar-refractivity contribution is 5.85. The predicted octanol–water partition coefficient (Wildman–Crippen LogP) is 8.57. The van der Waals surface area contributed by atoms with Crippen molar-refractivity contribution in [3.8, 4) is 0 Å². The molecule has 2 heteroatoms. The Morgan fingerprint density at radius 3 is 1.79 bits per heavy atom. The summed E-state index contributed by atoms with van der Waals surface area (Å²) in [5, 5.41) is 4.50. The summed E-state index contributed by atoms with van der Waals surface area (Å²) in [6.07, 6.45) is 0. The summed E-state index contributed by atoms with van der Waals surface area (Å²) in [4.78, 5) is 6.45. The highest BCUT2D eigenvalue weighted by atomic mass is 16.7. The van der Waals surface area contributed by atoms with Crippen LogP contribution in [0.15, 0.2) is 91.0 Å². The van der Waals surface area contributed by atoms with Crippen molar-refractivity contribution in [2.45, 2.75) is 65.5 Å². The third-order valence-corrected chi connectivity index (χ3v) is 6.30. The van der Waals surface area contributed by atoms with Gasteiger partial charge in [-0.1, -0.05) is 120 Å². The maximum atomic E-state index is 6.45. The first kappa shape index (κ1) is 24.0. The van der Waals surface area contributed by atoms with Gasteiger partial charge in [-0.25, -0.2) is 5.06 Å². The van der Waals surface area contributed by atoms with Crippen LogP contribution in [0.25, 0.3) is 10.8 Å². The first-order chi connectivity index (χ1) is 16.1. The molecule has 0 aromatic heterocycles. The number of hydrogen-bond acceptors (Lipinski definition) is 2. The van der Waals surface area contributed by atoms with Crippen LogP contribution < -0.4 is 5.06 Å². The molecule has 4 aromatic rings. The molecule has 2 nitrogen and oxygen atoms in total. The summed E-state index contributed by atoms with van der Waals surface area (Å²) in [5.41, 5.74) is 6.36. The van der Waals surface area contributed by atoms with Gasteiger partial charge in [-0.2, -0.15) is 0 Å². The number of fused-ring (bicyclic) bond motifs is 1. The zero-order chi connectivity index (χ0) is 24.3. The molecule has 0 aliphatic heterocycles. The molecule has 0 aliphatic carbocycles. The molecule has 0 saturated carbocycles. The van der Waals surface area contributed by atoms with Crippen molar-refractivity contribution in [1.29, 1.82) is 0 Å². The predicted molar refractivity (Wildman–Crippen MR) is 145 cm³/mol. The smallest absolute Gasteiger partial charge is 0.0999 e. The average molecular weight is 452 g/mol. The van der Waals surface area contributed by atoms with Gasteiger partial charge < -0.3 is 0 Å². The van der Waals surface area contributed by atoms with Crippen LogP contribution in [-0.4, -0.2) is 0 Å². The number of rotatable bonds is 6. The fourth-order valence-corrected chi connectivity index (χ4v) is 4.09. The molecule has 0 amide bonds. The molecule has 0 N–H and O–H groups in total. The molecule has 0 radical (unpaired) electrons. The van der Waals surface area contributed by atoms with Crippen molar-refractivity contribution in [1.82, 2.24) is 0 Å². The summed E-state index contributed by atoms with van der Waals surface area (Å²) in [5.74, 6) is 0. The topological polar surface area (TPSA) is 12.5 Å². The number of benzene rings is 4. The molecule has 0 fully saturated rings. The fraction of sp³-hybridized carbons (Fsp3) is 0.312. The maximum absolute atomic E-state index is 6.45. The first-order valence-electron chi connectivity index (χ1n) is 12.2. The van der Waals surface area contributed by atoms with Crippen molar-refractivity contribution in [2.75, 3.05) is 5.06 Å². The van der Waals surface area contributed by atoms with Crippen LogP contribution in [0, 0.1) is 0 Å². The van der Waals surface area contributed by atoms with Gasteiger partial charge in [-0.3, -0.25) is 4.84 Å². The molecular formula is C32H37NO. The normalized spacial score (nSPS) is 12.2. The second-order valence-corrected chi connectivity index (χ2v) is 11.2. The molecule has 0 unspecified atom stereocenters. The van der Waals surface area contributed by atoms with E-state index in [1.54, 1.807) is 0 Å². The summed E-state index contributed by atoms with van der Waals surface area (Å²) in [6, 6.07) is 32.5. The van der Waals surface area contributed by atoms with Crippen molar-refractivity contribution in [2.24, 2.45) is 0 Å². The summed E-state index contributed by atoms with van der Waals surface area (Å²) >= 11 is 0. The van der Waals surface area contributed by atoms with Crippen molar-refractivity contribution in [3.63, 3.8) is 0 Å². The van der Waals surface area contributed by atoms with E-state index in [1.807, 2.05) is 11.1 Å². The van der Waals surface area contributed by atoms with Crippen LogP contribution in [-0.2, 0) is 28.8 Å². The van der Waals surface area contributed by atoms with E-state index < -0.39 is 0 Å². The van der Waals surface area contributed by atoms with Crippen molar-refractivity contribution < 1.29 is 4.84 Å². The molecular weight excluding hydrogens is 414 g/mol. The minimum absolute atomic E-state index is 0.0781. The standard InChI is InChI=1S/C32H37NO/c1-31(2,3)28-18-25(19-29(21-28)32(4,5)6)22-33(34-23-24-12-8-7-9-13-24)30-17-16-26-14-10-11-15-27(26)20-30/h7-21H,22-23H2,1-6H3. The monoisotopic (exact) mass is 451 g/mol. The first-order valence-corrected chi connectivity index (χ1v) is 12.2. The Bertz CT molecular complexity index is 1210. The molecule has 0 atom stereocenters. The Morgan fingerprint density at radius 2 is 1.18 bits per heavy atom. The van der Waals surface area contributed by atoms with Crippen LogP contribution in [0.3, 0.4) is 0 Å². The van der Waals surface area contributed by atoms with E-state index in [2.05, 4.69) is 126 Å². The van der Waals surface area contributed by atoms with Gasteiger partial charge in [0.2, 0.25) is 0 Å². The van der Waals surface area contributed by atoms with E-state index in [0.29, 0.717) is 13.2 Å². The maximum Gasteiger partial charge on any atom is 0.0999 e. The third kappa shape index (κ3) is 5.87. The minimum atomic E-state index is 0.0781. The molecule has 0 saturated heterocycles. The lowest BCUT2D eigenvalue weighted by atomic mass is 9.79. The largest absolute Gasteiger partial charge is 0.268 e. The average Bonchev–Trinajstić information content (AvgIpc) is 2.81. The molecule has 4 aromatic carbocycles. The second kappa shape index (κ2) is 9.64. The Kier molecular flexibility index (Phi) is 6.81. The molecule has 4 rings (SSSR count). The second-order valence-electron chi connectivity index (χ2n) is 11.2. The minimum Gasteiger partial charge on any atom is -0.268 e. The zero-order valence-electron chi connectivity index (χ0n) is 21.4. The van der Waals surface area contributed by atoms with E-state index in [1.165, 1.54) is 27.5 Å². The lowest BCUT2D eigenvalue weighted by molar-refractivity contribution is 0.0909. The Labute approximate surface area is 205 Å². The zero-order valence-corrected chi connectivity index (χ0v) is 21.4. The van der Waals surface area contributed by atoms with E-state index in [4.69, 9.17) is 4.84 Å². The fourth-order valence-electron chi connectivity index (χ4n) is 4.09. The number of hydroxylamine groups is 1. The molecule has 176 valence electrons. The van der Waals surface area contributed by atoms with E-state index in [-0.39, 0.29) is 10.8 Å². The van der Waals surface area contributed by atoms with Gasteiger partial charge in [0.05, 0.1) is 18.8 Å². The Hall–Kier alpha value is -3.10. The number of hydrogen-bond donors (Lipinski definition) is 0. The SMILES string of the molecule is CC(C)(C)c1cc(CN(OCc2ccccc2)c2ccc3ccccc3c2)cc(C(C)(C)C)c1. The van der Waals surface area contributed by atoms with Gasteiger partial charge in [0.1, 0.15) is 0 Å².